The molecule has 1 aliphatic heterocycles. The molecule has 2 aliphatic rings. The highest BCUT2D eigenvalue weighted by atomic mass is 16.6. The van der Waals surface area contributed by atoms with Gasteiger partial charge in [-0.25, -0.2) is 4.79 Å². The van der Waals surface area contributed by atoms with Crippen molar-refractivity contribution in [3.63, 3.8) is 0 Å². The van der Waals surface area contributed by atoms with E-state index in [1.807, 2.05) is 34.6 Å². The van der Waals surface area contributed by atoms with Crippen molar-refractivity contribution >= 4 is 12.1 Å². The van der Waals surface area contributed by atoms with Gasteiger partial charge in [-0.3, -0.25) is 9.69 Å². The Morgan fingerprint density at radius 1 is 1.21 bits per heavy atom. The van der Waals surface area contributed by atoms with Crippen LogP contribution in [-0.4, -0.2) is 58.8 Å². The third kappa shape index (κ3) is 7.45. The van der Waals surface area contributed by atoms with E-state index in [9.17, 15) is 14.7 Å². The van der Waals surface area contributed by atoms with Crippen LogP contribution in [0.15, 0.2) is 0 Å². The van der Waals surface area contributed by atoms with Gasteiger partial charge in [0.2, 0.25) is 0 Å². The lowest BCUT2D eigenvalue weighted by Crippen LogP contribution is -2.50. The quantitative estimate of drug-likeness (QED) is 0.635. The van der Waals surface area contributed by atoms with E-state index >= 15 is 0 Å². The lowest BCUT2D eigenvalue weighted by atomic mass is 9.95. The minimum absolute atomic E-state index is 0.0458. The number of carbonyl (C=O) groups excluding carboxylic acids is 2. The van der Waals surface area contributed by atoms with Crippen LogP contribution in [0.1, 0.15) is 86.0 Å². The summed E-state index contributed by atoms with van der Waals surface area (Å²) in [5.74, 6) is -0.302. The van der Waals surface area contributed by atoms with Gasteiger partial charge in [-0.1, -0.05) is 6.42 Å². The first-order valence-corrected chi connectivity index (χ1v) is 11.0. The average molecular weight is 414 g/mol. The van der Waals surface area contributed by atoms with Crippen molar-refractivity contribution in [1.82, 2.24) is 4.90 Å². The van der Waals surface area contributed by atoms with E-state index in [-0.39, 0.29) is 37.1 Å². The number of aliphatic hydroxyl groups is 1. The van der Waals surface area contributed by atoms with E-state index in [2.05, 4.69) is 0 Å². The summed E-state index contributed by atoms with van der Waals surface area (Å²) in [6.07, 6.45) is 6.36. The van der Waals surface area contributed by atoms with Gasteiger partial charge >= 0.3 is 12.1 Å². The Bertz CT molecular complexity index is 550. The highest BCUT2D eigenvalue weighted by molar-refractivity contribution is 5.70. The molecule has 1 N–H and O–H groups in total. The van der Waals surface area contributed by atoms with Crippen molar-refractivity contribution in [2.75, 3.05) is 13.2 Å². The number of carbonyl (C=O) groups is 2. The summed E-state index contributed by atoms with van der Waals surface area (Å²) in [5.41, 5.74) is -1.37. The number of nitrogens with zero attached hydrogens (tertiary/aromatic N) is 1. The number of esters is 1. The SMILES string of the molecule is CC(C)(C)OC(=O)N1C(C[C@@H](CO)CCC(=O)OC2CCCCC2)COC1(C)C. The standard InChI is InChI=1S/C22H39NO6/c1-21(2,3)29-20(26)23-17(15-27-22(23,4)5)13-16(14-24)11-12-19(25)28-18-9-7-6-8-10-18/h16-18,24H,6-15H2,1-5H3/t16-,17?/m0/s1. The zero-order chi connectivity index (χ0) is 21.7. The predicted molar refractivity (Wildman–Crippen MR) is 109 cm³/mol. The zero-order valence-corrected chi connectivity index (χ0v) is 18.7. The topological polar surface area (TPSA) is 85.3 Å². The third-order valence-electron chi connectivity index (χ3n) is 5.64. The number of rotatable bonds is 7. The molecule has 1 amide bonds. The zero-order valence-electron chi connectivity index (χ0n) is 18.7. The monoisotopic (exact) mass is 413 g/mol. The van der Waals surface area contributed by atoms with E-state index in [0.29, 0.717) is 19.4 Å². The fourth-order valence-electron chi connectivity index (χ4n) is 4.16. The molecule has 29 heavy (non-hydrogen) atoms. The van der Waals surface area contributed by atoms with Crippen LogP contribution in [0.25, 0.3) is 0 Å². The Labute approximate surface area is 175 Å². The number of hydrogen-bond acceptors (Lipinski definition) is 6. The summed E-state index contributed by atoms with van der Waals surface area (Å²) in [5, 5.41) is 9.83. The van der Waals surface area contributed by atoms with Crippen LogP contribution in [0.2, 0.25) is 0 Å². The first-order valence-electron chi connectivity index (χ1n) is 11.0. The molecule has 7 heteroatoms. The van der Waals surface area contributed by atoms with E-state index in [1.165, 1.54) is 6.42 Å². The summed E-state index contributed by atoms with van der Waals surface area (Å²) in [7, 11) is 0. The van der Waals surface area contributed by atoms with Crippen molar-refractivity contribution in [3.8, 4) is 0 Å². The minimum atomic E-state index is -0.771. The van der Waals surface area contributed by atoms with Gasteiger partial charge in [0.05, 0.1) is 12.6 Å². The van der Waals surface area contributed by atoms with Crippen molar-refractivity contribution in [3.05, 3.63) is 0 Å². The van der Waals surface area contributed by atoms with Gasteiger partial charge in [-0.2, -0.15) is 0 Å². The Hall–Kier alpha value is -1.34. The maximum Gasteiger partial charge on any atom is 0.412 e. The third-order valence-corrected chi connectivity index (χ3v) is 5.64. The second kappa shape index (κ2) is 10.1. The molecule has 0 aromatic rings. The van der Waals surface area contributed by atoms with Gasteiger partial charge in [0.1, 0.15) is 17.4 Å². The van der Waals surface area contributed by atoms with Crippen LogP contribution in [0, 0.1) is 5.92 Å². The van der Waals surface area contributed by atoms with Gasteiger partial charge in [0.15, 0.2) is 0 Å². The van der Waals surface area contributed by atoms with E-state index in [1.54, 1.807) is 4.90 Å². The van der Waals surface area contributed by atoms with Crippen LogP contribution in [0.3, 0.4) is 0 Å². The molecule has 1 unspecified atom stereocenters. The molecule has 0 aromatic heterocycles. The lowest BCUT2D eigenvalue weighted by molar-refractivity contribution is -0.151. The number of aliphatic hydroxyl groups excluding tert-OH is 1. The molecule has 0 aromatic carbocycles. The first-order chi connectivity index (χ1) is 13.5. The Balaban J connectivity index is 1.88. The number of amides is 1. The molecule has 1 aliphatic carbocycles. The molecule has 1 saturated carbocycles. The molecular weight excluding hydrogens is 374 g/mol. The van der Waals surface area contributed by atoms with Gasteiger partial charge in [0, 0.05) is 13.0 Å². The van der Waals surface area contributed by atoms with Crippen molar-refractivity contribution in [1.29, 1.82) is 0 Å². The van der Waals surface area contributed by atoms with Crippen molar-refractivity contribution in [2.24, 2.45) is 5.92 Å². The fraction of sp³-hybridized carbons (Fsp3) is 0.909. The Kier molecular flexibility index (Phi) is 8.35. The van der Waals surface area contributed by atoms with Crippen molar-refractivity contribution < 1.29 is 28.9 Å². The fourth-order valence-corrected chi connectivity index (χ4v) is 4.16. The van der Waals surface area contributed by atoms with Crippen molar-refractivity contribution in [2.45, 2.75) is 109 Å². The summed E-state index contributed by atoms with van der Waals surface area (Å²) >= 11 is 0. The average Bonchev–Trinajstić information content (AvgIpc) is 2.92. The summed E-state index contributed by atoms with van der Waals surface area (Å²) in [4.78, 5) is 26.5. The van der Waals surface area contributed by atoms with Crippen LogP contribution >= 0.6 is 0 Å². The van der Waals surface area contributed by atoms with Gasteiger partial charge in [-0.05, 0) is 79.1 Å². The smallest absolute Gasteiger partial charge is 0.412 e. The molecule has 168 valence electrons. The molecule has 0 spiro atoms. The maximum atomic E-state index is 12.7. The molecular formula is C22H39NO6. The molecule has 1 heterocycles. The highest BCUT2D eigenvalue weighted by Gasteiger charge is 2.46. The lowest BCUT2D eigenvalue weighted by Gasteiger charge is -2.36. The predicted octanol–water partition coefficient (Wildman–Crippen LogP) is 4.01. The van der Waals surface area contributed by atoms with E-state index in [4.69, 9.17) is 14.2 Å². The Morgan fingerprint density at radius 3 is 2.45 bits per heavy atom. The number of hydrogen-bond donors (Lipinski definition) is 1. The summed E-state index contributed by atoms with van der Waals surface area (Å²) in [6, 6.07) is -0.202. The molecule has 2 rings (SSSR count). The molecule has 7 nitrogen and oxygen atoms in total. The molecule has 2 fully saturated rings. The minimum Gasteiger partial charge on any atom is -0.462 e. The number of ether oxygens (including phenoxy) is 3. The molecule has 2 atom stereocenters. The normalized spacial score (nSPS) is 23.7. The first kappa shape index (κ1) is 23.9. The summed E-state index contributed by atoms with van der Waals surface area (Å²) in [6.45, 7) is 9.51. The highest BCUT2D eigenvalue weighted by Crippen LogP contribution is 2.33. The van der Waals surface area contributed by atoms with Crippen LogP contribution in [-0.2, 0) is 19.0 Å². The summed E-state index contributed by atoms with van der Waals surface area (Å²) < 4.78 is 17.0. The molecule has 1 saturated heterocycles. The maximum absolute atomic E-state index is 12.7. The molecule has 0 radical (unpaired) electrons. The van der Waals surface area contributed by atoms with Gasteiger partial charge < -0.3 is 19.3 Å². The Morgan fingerprint density at radius 2 is 1.86 bits per heavy atom. The second-order valence-corrected chi connectivity index (χ2v) is 9.83. The van der Waals surface area contributed by atoms with Crippen LogP contribution in [0.5, 0.6) is 0 Å². The molecule has 0 bridgehead atoms. The van der Waals surface area contributed by atoms with Gasteiger partial charge in [0.25, 0.3) is 0 Å². The van der Waals surface area contributed by atoms with Gasteiger partial charge in [-0.15, -0.1) is 0 Å². The second-order valence-electron chi connectivity index (χ2n) is 9.83. The largest absolute Gasteiger partial charge is 0.462 e. The van der Waals surface area contributed by atoms with Crippen LogP contribution in [0.4, 0.5) is 4.79 Å². The van der Waals surface area contributed by atoms with E-state index in [0.717, 1.165) is 25.7 Å². The van der Waals surface area contributed by atoms with E-state index < -0.39 is 17.4 Å². The van der Waals surface area contributed by atoms with Crippen LogP contribution < -0.4 is 0 Å².